The van der Waals surface area contributed by atoms with Crippen molar-refractivity contribution in [3.8, 4) is 6.07 Å². The fraction of sp³-hybridized carbons (Fsp3) is 0.500. The number of para-hydroxylation sites is 1. The Morgan fingerprint density at radius 2 is 1.95 bits per heavy atom. The summed E-state index contributed by atoms with van der Waals surface area (Å²) in [6.45, 7) is 2.75. The van der Waals surface area contributed by atoms with E-state index in [-0.39, 0.29) is 12.5 Å². The largest absolute Gasteiger partial charge is 0.375 e. The van der Waals surface area contributed by atoms with E-state index in [9.17, 15) is 4.79 Å². The number of piperidine rings is 1. The molecule has 6 heteroatoms. The zero-order valence-corrected chi connectivity index (χ0v) is 12.4. The number of nitrogens with zero attached hydrogens (tertiary/aromatic N) is 2. The molecule has 0 unspecified atom stereocenters. The van der Waals surface area contributed by atoms with Crippen molar-refractivity contribution in [2.24, 2.45) is 0 Å². The maximum atomic E-state index is 12.3. The van der Waals surface area contributed by atoms with Crippen LogP contribution in [0.25, 0.3) is 0 Å². The Morgan fingerprint density at radius 1 is 1.27 bits per heavy atom. The van der Waals surface area contributed by atoms with Gasteiger partial charge >= 0.3 is 0 Å². The number of carbonyl (C=O) groups is 1. The first-order valence-electron chi connectivity index (χ1n) is 7.51. The van der Waals surface area contributed by atoms with Crippen LogP contribution in [0.15, 0.2) is 24.3 Å². The van der Waals surface area contributed by atoms with Gasteiger partial charge in [0.2, 0.25) is 5.91 Å². The average Bonchev–Trinajstić information content (AvgIpc) is 3.01. The van der Waals surface area contributed by atoms with Gasteiger partial charge in [0.05, 0.1) is 31.0 Å². The van der Waals surface area contributed by atoms with Gasteiger partial charge in [-0.15, -0.1) is 0 Å². The number of ether oxygens (including phenoxy) is 2. The molecule has 1 aromatic carbocycles. The molecule has 6 nitrogen and oxygen atoms in total. The van der Waals surface area contributed by atoms with Crippen molar-refractivity contribution in [2.75, 3.05) is 38.2 Å². The van der Waals surface area contributed by atoms with E-state index >= 15 is 0 Å². The average molecular weight is 301 g/mol. The Hall–Kier alpha value is -2.10. The van der Waals surface area contributed by atoms with Crippen molar-refractivity contribution in [2.45, 2.75) is 18.6 Å². The van der Waals surface area contributed by atoms with Gasteiger partial charge in [-0.3, -0.25) is 4.79 Å². The second-order valence-electron chi connectivity index (χ2n) is 5.50. The van der Waals surface area contributed by atoms with Crippen molar-refractivity contribution in [3.05, 3.63) is 29.8 Å². The lowest BCUT2D eigenvalue weighted by Crippen LogP contribution is -2.48. The van der Waals surface area contributed by atoms with Crippen LogP contribution in [0.4, 0.5) is 5.69 Å². The number of anilines is 1. The van der Waals surface area contributed by atoms with Gasteiger partial charge in [0, 0.05) is 25.9 Å². The molecule has 2 saturated heterocycles. The summed E-state index contributed by atoms with van der Waals surface area (Å²) in [5.74, 6) is -0.432. The number of amides is 1. The molecule has 3 rings (SSSR count). The number of rotatable bonds is 3. The van der Waals surface area contributed by atoms with Gasteiger partial charge < -0.3 is 19.7 Å². The summed E-state index contributed by atoms with van der Waals surface area (Å²) in [6, 6.07) is 9.29. The monoisotopic (exact) mass is 301 g/mol. The van der Waals surface area contributed by atoms with Crippen LogP contribution < -0.4 is 5.32 Å². The van der Waals surface area contributed by atoms with Crippen LogP contribution in [0.1, 0.15) is 18.4 Å². The smallest absolute Gasteiger partial charge is 0.241 e. The van der Waals surface area contributed by atoms with E-state index in [4.69, 9.17) is 14.7 Å². The van der Waals surface area contributed by atoms with Gasteiger partial charge in [0.1, 0.15) is 6.07 Å². The Kier molecular flexibility index (Phi) is 4.27. The number of carbonyl (C=O) groups excluding carboxylic acids is 1. The van der Waals surface area contributed by atoms with Crippen LogP contribution in [-0.4, -0.2) is 49.4 Å². The SMILES string of the molecule is N#Cc1ccccc1NCC(=O)N1CCC2(CC1)OCCO2. The molecule has 1 spiro atoms. The minimum atomic E-state index is -0.461. The van der Waals surface area contributed by atoms with Gasteiger partial charge in [-0.1, -0.05) is 12.1 Å². The summed E-state index contributed by atoms with van der Waals surface area (Å²) >= 11 is 0. The Morgan fingerprint density at radius 3 is 2.64 bits per heavy atom. The van der Waals surface area contributed by atoms with Crippen LogP contribution in [0, 0.1) is 11.3 Å². The molecule has 2 aliphatic rings. The molecule has 116 valence electrons. The third kappa shape index (κ3) is 3.06. The van der Waals surface area contributed by atoms with Gasteiger partial charge in [-0.25, -0.2) is 0 Å². The van der Waals surface area contributed by atoms with Gasteiger partial charge in [-0.05, 0) is 12.1 Å². The van der Waals surface area contributed by atoms with Gasteiger partial charge in [-0.2, -0.15) is 5.26 Å². The normalized spacial score (nSPS) is 19.9. The van der Waals surface area contributed by atoms with Crippen LogP contribution in [-0.2, 0) is 14.3 Å². The second kappa shape index (κ2) is 6.34. The van der Waals surface area contributed by atoms with Crippen LogP contribution in [0.2, 0.25) is 0 Å². The molecule has 0 atom stereocenters. The van der Waals surface area contributed by atoms with E-state index in [0.717, 1.165) is 0 Å². The third-order valence-corrected chi connectivity index (χ3v) is 4.17. The van der Waals surface area contributed by atoms with Crippen molar-refractivity contribution in [1.29, 1.82) is 5.26 Å². The zero-order valence-electron chi connectivity index (χ0n) is 12.4. The number of benzene rings is 1. The zero-order chi connectivity index (χ0) is 15.4. The van der Waals surface area contributed by atoms with Crippen LogP contribution in [0.5, 0.6) is 0 Å². The Bertz CT molecular complexity index is 581. The molecular weight excluding hydrogens is 282 g/mol. The predicted octanol–water partition coefficient (Wildman–Crippen LogP) is 1.34. The van der Waals surface area contributed by atoms with E-state index in [0.29, 0.717) is 50.4 Å². The fourth-order valence-electron chi connectivity index (χ4n) is 2.90. The van der Waals surface area contributed by atoms with E-state index in [2.05, 4.69) is 11.4 Å². The standard InChI is InChI=1S/C16H19N3O3/c17-11-13-3-1-2-4-14(13)18-12-15(20)19-7-5-16(6-8-19)21-9-10-22-16/h1-4,18H,5-10,12H2. The minimum Gasteiger partial charge on any atom is -0.375 e. The van der Waals surface area contributed by atoms with Crippen molar-refractivity contribution in [3.63, 3.8) is 0 Å². The number of nitriles is 1. The highest BCUT2D eigenvalue weighted by atomic mass is 16.7. The maximum absolute atomic E-state index is 12.3. The summed E-state index contributed by atoms with van der Waals surface area (Å²) in [7, 11) is 0. The number of nitrogens with one attached hydrogen (secondary N) is 1. The summed E-state index contributed by atoms with van der Waals surface area (Å²) in [6.07, 6.45) is 1.43. The molecule has 2 aliphatic heterocycles. The minimum absolute atomic E-state index is 0.0283. The molecule has 0 saturated carbocycles. The topological polar surface area (TPSA) is 74.6 Å². The third-order valence-electron chi connectivity index (χ3n) is 4.17. The van der Waals surface area contributed by atoms with E-state index < -0.39 is 5.79 Å². The molecule has 2 fully saturated rings. The first-order valence-corrected chi connectivity index (χ1v) is 7.51. The van der Waals surface area contributed by atoms with Gasteiger partial charge in [0.15, 0.2) is 5.79 Å². The highest BCUT2D eigenvalue weighted by molar-refractivity contribution is 5.81. The first kappa shape index (κ1) is 14.8. The molecular formula is C16H19N3O3. The predicted molar refractivity (Wildman–Crippen MR) is 80.1 cm³/mol. The molecule has 0 radical (unpaired) electrons. The molecule has 0 bridgehead atoms. The first-order chi connectivity index (χ1) is 10.7. The van der Waals surface area contributed by atoms with Crippen molar-refractivity contribution in [1.82, 2.24) is 4.90 Å². The lowest BCUT2D eigenvalue weighted by molar-refractivity contribution is -0.187. The number of hydrogen-bond acceptors (Lipinski definition) is 5. The summed E-state index contributed by atoms with van der Waals surface area (Å²) < 4.78 is 11.3. The number of hydrogen-bond donors (Lipinski definition) is 1. The highest BCUT2D eigenvalue weighted by Gasteiger charge is 2.40. The number of likely N-dealkylation sites (tertiary alicyclic amines) is 1. The van der Waals surface area contributed by atoms with E-state index in [1.807, 2.05) is 11.0 Å². The Labute approximate surface area is 129 Å². The molecule has 2 heterocycles. The maximum Gasteiger partial charge on any atom is 0.241 e. The quantitative estimate of drug-likeness (QED) is 0.912. The molecule has 22 heavy (non-hydrogen) atoms. The molecule has 1 N–H and O–H groups in total. The molecule has 0 aromatic heterocycles. The van der Waals surface area contributed by atoms with E-state index in [1.54, 1.807) is 18.2 Å². The fourth-order valence-corrected chi connectivity index (χ4v) is 2.90. The summed E-state index contributed by atoms with van der Waals surface area (Å²) in [5, 5.41) is 12.1. The van der Waals surface area contributed by atoms with Crippen molar-refractivity contribution < 1.29 is 14.3 Å². The van der Waals surface area contributed by atoms with Crippen LogP contribution >= 0.6 is 0 Å². The molecule has 1 aromatic rings. The van der Waals surface area contributed by atoms with Crippen LogP contribution in [0.3, 0.4) is 0 Å². The second-order valence-corrected chi connectivity index (χ2v) is 5.50. The Balaban J connectivity index is 1.52. The lowest BCUT2D eigenvalue weighted by atomic mass is 10.0. The van der Waals surface area contributed by atoms with Crippen molar-refractivity contribution >= 4 is 11.6 Å². The lowest BCUT2D eigenvalue weighted by Gasteiger charge is -2.37. The summed E-state index contributed by atoms with van der Waals surface area (Å²) in [5.41, 5.74) is 1.23. The van der Waals surface area contributed by atoms with Gasteiger partial charge in [0.25, 0.3) is 0 Å². The molecule has 1 amide bonds. The highest BCUT2D eigenvalue weighted by Crippen LogP contribution is 2.31. The summed E-state index contributed by atoms with van der Waals surface area (Å²) in [4.78, 5) is 14.1. The van der Waals surface area contributed by atoms with E-state index in [1.165, 1.54) is 0 Å². The molecule has 0 aliphatic carbocycles.